The number of aliphatic hydroxyl groups excluding tert-OH is 1. The van der Waals surface area contributed by atoms with Crippen LogP contribution in [0.4, 0.5) is 13.2 Å². The van der Waals surface area contributed by atoms with E-state index in [1.165, 1.54) is 12.1 Å². The topological polar surface area (TPSA) is 43.8 Å². The summed E-state index contributed by atoms with van der Waals surface area (Å²) in [6, 6.07) is 11.8. The van der Waals surface area contributed by atoms with Crippen LogP contribution in [0.5, 0.6) is 0 Å². The number of Topliss-reactive ketones (excluding diaryl/α,β-unsaturated/α-hetero) is 1. The summed E-state index contributed by atoms with van der Waals surface area (Å²) in [5.41, 5.74) is -0.478. The number of carbonyl (C=O) groups excluding carboxylic acids is 1. The van der Waals surface area contributed by atoms with E-state index in [0.29, 0.717) is 18.7 Å². The van der Waals surface area contributed by atoms with Crippen LogP contribution in [0.2, 0.25) is 0 Å². The number of piperazine rings is 1. The van der Waals surface area contributed by atoms with Gasteiger partial charge in [0.2, 0.25) is 0 Å². The Labute approximate surface area is 162 Å². The van der Waals surface area contributed by atoms with Crippen molar-refractivity contribution in [2.45, 2.75) is 18.8 Å². The number of carbonyl (C=O) groups is 1. The molecule has 4 nitrogen and oxygen atoms in total. The molecule has 1 aliphatic rings. The number of ketones is 1. The number of hydrogen-bond donors (Lipinski definition) is 1. The molecule has 0 spiro atoms. The van der Waals surface area contributed by atoms with Gasteiger partial charge in [-0.25, -0.2) is 0 Å². The maximum absolute atomic E-state index is 13.6. The van der Waals surface area contributed by atoms with Crippen LogP contribution >= 0.6 is 0 Å². The fourth-order valence-electron chi connectivity index (χ4n) is 3.32. The van der Waals surface area contributed by atoms with Crippen LogP contribution in [0.15, 0.2) is 48.5 Å². The van der Waals surface area contributed by atoms with Crippen LogP contribution in [0.1, 0.15) is 33.2 Å². The molecule has 1 unspecified atom stereocenters. The van der Waals surface area contributed by atoms with Crippen molar-refractivity contribution < 1.29 is 23.1 Å². The molecule has 3 rings (SSSR count). The Morgan fingerprint density at radius 3 is 2.32 bits per heavy atom. The lowest BCUT2D eigenvalue weighted by molar-refractivity contribution is -0.138. The number of likely N-dealkylation sites (N-methyl/N-ethyl adjacent to an activating group) is 1. The van der Waals surface area contributed by atoms with Crippen molar-refractivity contribution in [2.75, 3.05) is 33.2 Å². The van der Waals surface area contributed by atoms with Crippen molar-refractivity contribution in [3.8, 4) is 0 Å². The highest BCUT2D eigenvalue weighted by Crippen LogP contribution is 2.34. The highest BCUT2D eigenvalue weighted by atomic mass is 19.4. The van der Waals surface area contributed by atoms with Gasteiger partial charge < -0.3 is 10.0 Å². The van der Waals surface area contributed by atoms with Crippen molar-refractivity contribution in [3.05, 3.63) is 70.8 Å². The predicted molar refractivity (Wildman–Crippen MR) is 100.0 cm³/mol. The Morgan fingerprint density at radius 1 is 1.07 bits per heavy atom. The number of rotatable bonds is 5. The lowest BCUT2D eigenvalue weighted by atomic mass is 9.96. The lowest BCUT2D eigenvalue weighted by Crippen LogP contribution is -2.44. The third-order valence-corrected chi connectivity index (χ3v) is 5.05. The third kappa shape index (κ3) is 4.79. The Morgan fingerprint density at radius 2 is 1.71 bits per heavy atom. The smallest absolute Gasteiger partial charge is 0.380 e. The molecule has 7 heteroatoms. The van der Waals surface area contributed by atoms with Crippen LogP contribution < -0.4 is 0 Å². The lowest BCUT2D eigenvalue weighted by Gasteiger charge is -2.33. The van der Waals surface area contributed by atoms with E-state index in [0.717, 1.165) is 19.2 Å². The molecule has 28 heavy (non-hydrogen) atoms. The van der Waals surface area contributed by atoms with Crippen molar-refractivity contribution >= 4 is 5.78 Å². The largest absolute Gasteiger partial charge is 0.416 e. The number of hydrogen-bond acceptors (Lipinski definition) is 4. The van der Waals surface area contributed by atoms with Gasteiger partial charge in [0.1, 0.15) is 6.10 Å². The Hall–Kier alpha value is -2.22. The summed E-state index contributed by atoms with van der Waals surface area (Å²) in [7, 11) is 1.98. The summed E-state index contributed by atoms with van der Waals surface area (Å²) in [5, 5.41) is 10.2. The van der Waals surface area contributed by atoms with Gasteiger partial charge in [0.15, 0.2) is 5.78 Å². The van der Waals surface area contributed by atoms with Gasteiger partial charge in [-0.15, -0.1) is 0 Å². The van der Waals surface area contributed by atoms with E-state index in [-0.39, 0.29) is 17.7 Å². The average Bonchev–Trinajstić information content (AvgIpc) is 2.69. The second kappa shape index (κ2) is 8.43. The van der Waals surface area contributed by atoms with Crippen molar-refractivity contribution in [2.24, 2.45) is 0 Å². The number of benzene rings is 2. The summed E-state index contributed by atoms with van der Waals surface area (Å²) in [6.07, 6.45) is -6.07. The van der Waals surface area contributed by atoms with E-state index in [4.69, 9.17) is 0 Å². The SMILES string of the molecule is CN1CCN(Cc2ccc(C(=O)C(O)c3ccccc3)cc2C(F)(F)F)CC1. The molecule has 1 atom stereocenters. The molecule has 1 aliphatic heterocycles. The van der Waals surface area contributed by atoms with Gasteiger partial charge in [-0.3, -0.25) is 9.69 Å². The van der Waals surface area contributed by atoms with Crippen molar-refractivity contribution in [1.82, 2.24) is 9.80 Å². The molecule has 0 radical (unpaired) electrons. The number of alkyl halides is 3. The molecule has 150 valence electrons. The molecule has 0 saturated carbocycles. The molecule has 0 aromatic heterocycles. The Balaban J connectivity index is 1.85. The maximum Gasteiger partial charge on any atom is 0.416 e. The second-order valence-corrected chi connectivity index (χ2v) is 7.13. The van der Waals surface area contributed by atoms with E-state index in [2.05, 4.69) is 4.90 Å². The van der Waals surface area contributed by atoms with Crippen LogP contribution in [0.3, 0.4) is 0 Å². The second-order valence-electron chi connectivity index (χ2n) is 7.13. The first-order chi connectivity index (χ1) is 13.3. The molecule has 2 aromatic rings. The minimum absolute atomic E-state index is 0.141. The van der Waals surface area contributed by atoms with Crippen LogP contribution in [0, 0.1) is 0 Å². The summed E-state index contributed by atoms with van der Waals surface area (Å²) in [4.78, 5) is 16.6. The fraction of sp³-hybridized carbons (Fsp3) is 0.381. The van der Waals surface area contributed by atoms with E-state index in [9.17, 15) is 23.1 Å². The molecule has 1 saturated heterocycles. The quantitative estimate of drug-likeness (QED) is 0.793. The average molecular weight is 392 g/mol. The zero-order valence-electron chi connectivity index (χ0n) is 15.6. The van der Waals surface area contributed by atoms with E-state index >= 15 is 0 Å². The van der Waals surface area contributed by atoms with Gasteiger partial charge in [-0.2, -0.15) is 13.2 Å². The summed E-state index contributed by atoms with van der Waals surface area (Å²) in [6.45, 7) is 3.18. The first-order valence-electron chi connectivity index (χ1n) is 9.14. The van der Waals surface area contributed by atoms with E-state index < -0.39 is 23.6 Å². The minimum Gasteiger partial charge on any atom is -0.380 e. The summed E-state index contributed by atoms with van der Waals surface area (Å²) < 4.78 is 40.9. The minimum atomic E-state index is -4.57. The third-order valence-electron chi connectivity index (χ3n) is 5.05. The normalized spacial score (nSPS) is 17.5. The highest BCUT2D eigenvalue weighted by Gasteiger charge is 2.35. The molecule has 0 amide bonds. The molecule has 0 bridgehead atoms. The molecule has 2 aromatic carbocycles. The van der Waals surface area contributed by atoms with Gasteiger partial charge in [-0.1, -0.05) is 42.5 Å². The molecule has 1 fully saturated rings. The Bertz CT molecular complexity index is 816. The molecular weight excluding hydrogens is 369 g/mol. The van der Waals surface area contributed by atoms with E-state index in [1.54, 1.807) is 30.3 Å². The van der Waals surface area contributed by atoms with Crippen LogP contribution in [-0.2, 0) is 12.7 Å². The standard InChI is InChI=1S/C21H23F3N2O2/c1-25-9-11-26(12-10-25)14-17-8-7-16(13-18(17)21(22,23)24)20(28)19(27)15-5-3-2-4-6-15/h2-8,13,19,27H,9-12,14H2,1H3. The fourth-order valence-corrected chi connectivity index (χ4v) is 3.32. The van der Waals surface area contributed by atoms with Gasteiger partial charge >= 0.3 is 6.18 Å². The monoisotopic (exact) mass is 392 g/mol. The zero-order chi connectivity index (χ0) is 20.3. The zero-order valence-corrected chi connectivity index (χ0v) is 15.6. The highest BCUT2D eigenvalue weighted by molar-refractivity contribution is 6.00. The summed E-state index contributed by atoms with van der Waals surface area (Å²) in [5.74, 6) is -0.747. The first-order valence-corrected chi connectivity index (χ1v) is 9.14. The molecule has 0 aliphatic carbocycles. The number of aliphatic hydroxyl groups is 1. The van der Waals surface area contributed by atoms with Gasteiger partial charge in [0.05, 0.1) is 5.56 Å². The van der Waals surface area contributed by atoms with Gasteiger partial charge in [0, 0.05) is 38.3 Å². The maximum atomic E-state index is 13.6. The van der Waals surface area contributed by atoms with Gasteiger partial charge in [0.25, 0.3) is 0 Å². The van der Waals surface area contributed by atoms with Crippen LogP contribution in [0.25, 0.3) is 0 Å². The molecule has 1 heterocycles. The Kier molecular flexibility index (Phi) is 6.17. The summed E-state index contributed by atoms with van der Waals surface area (Å²) >= 11 is 0. The number of halogens is 3. The van der Waals surface area contributed by atoms with Crippen molar-refractivity contribution in [1.29, 1.82) is 0 Å². The molecular formula is C21H23F3N2O2. The van der Waals surface area contributed by atoms with E-state index in [1.807, 2.05) is 11.9 Å². The van der Waals surface area contributed by atoms with Crippen LogP contribution in [-0.4, -0.2) is 53.9 Å². The molecule has 1 N–H and O–H groups in total. The van der Waals surface area contributed by atoms with Gasteiger partial charge in [-0.05, 0) is 24.2 Å². The van der Waals surface area contributed by atoms with Crippen molar-refractivity contribution in [3.63, 3.8) is 0 Å². The predicted octanol–water partition coefficient (Wildman–Crippen LogP) is 3.37. The number of nitrogens with zero attached hydrogens (tertiary/aromatic N) is 2. The first kappa shape index (κ1) is 20.5.